The maximum atomic E-state index is 5.86. The standard InChI is InChI=1S/C22H25N2O.C21H14N3.Ir/c1-5-16(2)15-25-21-13-11-19(12-14-21)22-17(3)23-24(18(22)4)20-9-7-6-8-10-20;1-14-13-19-17-10-5-9-16(15-7-3-2-4-8-15)20(17)21-18(24(19)23-14)11-6-12-22-21;/h6-9,11-14,16H,5,15H2,1-4H3;2-10,12-13H,1H3;/q2*-1;. The minimum atomic E-state index is 0. The molecule has 0 saturated carbocycles. The first-order valence-electron chi connectivity index (χ1n) is 16.8. The van der Waals surface area contributed by atoms with E-state index in [2.05, 4.69) is 111 Å². The average molecular weight is 834 g/mol. The number of hydrogen-bond acceptors (Lipinski definition) is 4. The number of para-hydroxylation sites is 1. The number of ether oxygens (including phenoxy) is 1. The van der Waals surface area contributed by atoms with E-state index in [1.54, 1.807) is 6.20 Å². The molecule has 1 radical (unpaired) electrons. The van der Waals surface area contributed by atoms with Crippen molar-refractivity contribution in [3.63, 3.8) is 0 Å². The van der Waals surface area contributed by atoms with Crippen LogP contribution >= 0.6 is 0 Å². The molecular formula is C43H39IrN5O-2. The van der Waals surface area contributed by atoms with Crippen molar-refractivity contribution in [2.75, 3.05) is 6.61 Å². The fourth-order valence-corrected chi connectivity index (χ4v) is 6.33. The fourth-order valence-electron chi connectivity index (χ4n) is 6.33. The van der Waals surface area contributed by atoms with E-state index in [-0.39, 0.29) is 20.1 Å². The molecule has 8 rings (SSSR count). The van der Waals surface area contributed by atoms with Crippen molar-refractivity contribution < 1.29 is 24.8 Å². The molecule has 0 saturated heterocycles. The van der Waals surface area contributed by atoms with Gasteiger partial charge in [0.1, 0.15) is 5.75 Å². The molecule has 0 N–H and O–H groups in total. The molecule has 0 amide bonds. The zero-order chi connectivity index (χ0) is 33.9. The van der Waals surface area contributed by atoms with Gasteiger partial charge in [0, 0.05) is 31.4 Å². The summed E-state index contributed by atoms with van der Waals surface area (Å²) in [5, 5.41) is 11.7. The Bertz CT molecular complexity index is 2360. The smallest absolute Gasteiger partial charge is 0.119 e. The quantitative estimate of drug-likeness (QED) is 0.119. The normalized spacial score (nSPS) is 11.6. The second-order valence-corrected chi connectivity index (χ2v) is 12.5. The summed E-state index contributed by atoms with van der Waals surface area (Å²) in [6.45, 7) is 11.3. The molecule has 4 aromatic carbocycles. The molecule has 6 nitrogen and oxygen atoms in total. The monoisotopic (exact) mass is 834 g/mol. The van der Waals surface area contributed by atoms with Gasteiger partial charge in [-0.2, -0.15) is 46.6 Å². The third-order valence-electron chi connectivity index (χ3n) is 9.01. The molecule has 50 heavy (non-hydrogen) atoms. The van der Waals surface area contributed by atoms with Crippen LogP contribution in [0.15, 0.2) is 115 Å². The Morgan fingerprint density at radius 3 is 2.32 bits per heavy atom. The molecule has 8 aromatic rings. The molecule has 0 aliphatic rings. The number of pyridine rings is 2. The van der Waals surface area contributed by atoms with Crippen molar-refractivity contribution in [1.82, 2.24) is 24.4 Å². The Balaban J connectivity index is 0.000000169. The van der Waals surface area contributed by atoms with Gasteiger partial charge in [0.05, 0.1) is 23.5 Å². The summed E-state index contributed by atoms with van der Waals surface area (Å²) < 4.78 is 9.77. The molecule has 0 bridgehead atoms. The van der Waals surface area contributed by atoms with Crippen molar-refractivity contribution in [3.8, 4) is 33.7 Å². The third kappa shape index (κ3) is 6.84. The predicted molar refractivity (Wildman–Crippen MR) is 199 cm³/mol. The van der Waals surface area contributed by atoms with E-state index in [1.807, 2.05) is 64.7 Å². The van der Waals surface area contributed by atoms with Crippen LogP contribution in [-0.2, 0) is 20.1 Å². The minimum absolute atomic E-state index is 0. The summed E-state index contributed by atoms with van der Waals surface area (Å²) >= 11 is 0. The van der Waals surface area contributed by atoms with Gasteiger partial charge < -0.3 is 9.72 Å². The van der Waals surface area contributed by atoms with Crippen LogP contribution in [0.2, 0.25) is 0 Å². The van der Waals surface area contributed by atoms with Crippen LogP contribution in [0.3, 0.4) is 0 Å². The number of hydrogen-bond donors (Lipinski definition) is 0. The summed E-state index contributed by atoms with van der Waals surface area (Å²) in [5.41, 5.74) is 11.7. The Kier molecular flexibility index (Phi) is 10.6. The molecule has 0 aliphatic heterocycles. The Morgan fingerprint density at radius 2 is 1.58 bits per heavy atom. The van der Waals surface area contributed by atoms with E-state index in [1.165, 1.54) is 16.7 Å². The Labute approximate surface area is 307 Å². The van der Waals surface area contributed by atoms with E-state index in [9.17, 15) is 0 Å². The Morgan fingerprint density at radius 1 is 0.800 bits per heavy atom. The summed E-state index contributed by atoms with van der Waals surface area (Å²) in [6.07, 6.45) is 2.93. The van der Waals surface area contributed by atoms with E-state index < -0.39 is 0 Å². The summed E-state index contributed by atoms with van der Waals surface area (Å²) in [6, 6.07) is 43.6. The van der Waals surface area contributed by atoms with Gasteiger partial charge in [-0.1, -0.05) is 87.1 Å². The molecule has 4 heterocycles. The zero-order valence-electron chi connectivity index (χ0n) is 28.9. The summed E-state index contributed by atoms with van der Waals surface area (Å²) in [5.74, 6) is 1.49. The topological polar surface area (TPSA) is 57.2 Å². The molecule has 1 unspecified atom stereocenters. The number of aryl methyl sites for hydroxylation is 2. The minimum Gasteiger partial charge on any atom is -0.493 e. The first-order chi connectivity index (χ1) is 23.9. The van der Waals surface area contributed by atoms with Gasteiger partial charge in [-0.15, -0.1) is 6.07 Å². The fraction of sp³-hybridized carbons (Fsp3) is 0.186. The maximum Gasteiger partial charge on any atom is 0.119 e. The van der Waals surface area contributed by atoms with Gasteiger partial charge in [0.2, 0.25) is 0 Å². The molecule has 0 aliphatic carbocycles. The van der Waals surface area contributed by atoms with Gasteiger partial charge in [-0.25, -0.2) is 0 Å². The predicted octanol–water partition coefficient (Wildman–Crippen LogP) is 10.2. The molecule has 7 heteroatoms. The number of nitrogens with zero attached hydrogens (tertiary/aromatic N) is 5. The number of aromatic nitrogens is 5. The average Bonchev–Trinajstić information content (AvgIpc) is 3.69. The second kappa shape index (κ2) is 15.2. The molecule has 1 atom stereocenters. The zero-order valence-corrected chi connectivity index (χ0v) is 31.3. The van der Waals surface area contributed by atoms with Gasteiger partial charge in [0.15, 0.2) is 0 Å². The van der Waals surface area contributed by atoms with E-state index in [4.69, 9.17) is 9.84 Å². The Hall–Kier alpha value is -5.10. The first kappa shape index (κ1) is 34.8. The van der Waals surface area contributed by atoms with Crippen molar-refractivity contribution >= 4 is 27.3 Å². The largest absolute Gasteiger partial charge is 0.493 e. The SMILES string of the molecule is CCC(C)COc1ccc(-c2c(C)nn(-c3[c-]cccc3)c2C)cc1.Cc1cc2c3cccc(-c4ccccc4)c3c3ncc[c-]c3n2n1.[Ir]. The van der Waals surface area contributed by atoms with Crippen molar-refractivity contribution in [2.45, 2.75) is 41.0 Å². The third-order valence-corrected chi connectivity index (χ3v) is 9.01. The van der Waals surface area contributed by atoms with E-state index in [0.717, 1.165) is 74.4 Å². The first-order valence-corrected chi connectivity index (χ1v) is 16.8. The molecule has 0 spiro atoms. The van der Waals surface area contributed by atoms with Crippen molar-refractivity contribution in [1.29, 1.82) is 0 Å². The molecule has 4 aromatic heterocycles. The van der Waals surface area contributed by atoms with Gasteiger partial charge in [-0.3, -0.25) is 9.20 Å². The number of benzene rings is 4. The van der Waals surface area contributed by atoms with Crippen molar-refractivity contribution in [3.05, 3.63) is 145 Å². The van der Waals surface area contributed by atoms with Crippen LogP contribution < -0.4 is 4.74 Å². The van der Waals surface area contributed by atoms with Gasteiger partial charge >= 0.3 is 0 Å². The van der Waals surface area contributed by atoms with E-state index in [0.29, 0.717) is 5.92 Å². The van der Waals surface area contributed by atoms with Crippen LogP contribution in [0.1, 0.15) is 37.4 Å². The summed E-state index contributed by atoms with van der Waals surface area (Å²) in [4.78, 5) is 4.66. The number of rotatable bonds is 7. The molecule has 0 fully saturated rings. The van der Waals surface area contributed by atoms with Crippen molar-refractivity contribution in [2.24, 2.45) is 5.92 Å². The van der Waals surface area contributed by atoms with Gasteiger partial charge in [-0.05, 0) is 89.1 Å². The van der Waals surface area contributed by atoms with Crippen LogP contribution in [0.5, 0.6) is 5.75 Å². The molecular weight excluding hydrogens is 795 g/mol. The van der Waals surface area contributed by atoms with Crippen LogP contribution in [0.4, 0.5) is 0 Å². The van der Waals surface area contributed by atoms with E-state index >= 15 is 0 Å². The second-order valence-electron chi connectivity index (χ2n) is 12.5. The summed E-state index contributed by atoms with van der Waals surface area (Å²) in [7, 11) is 0. The van der Waals surface area contributed by atoms with Crippen LogP contribution in [0.25, 0.3) is 55.3 Å². The molecule has 253 valence electrons. The maximum absolute atomic E-state index is 5.86. The number of fused-ring (bicyclic) bond motifs is 6. The van der Waals surface area contributed by atoms with Crippen LogP contribution in [-0.4, -0.2) is 31.0 Å². The van der Waals surface area contributed by atoms with Crippen LogP contribution in [0, 0.1) is 38.8 Å². The van der Waals surface area contributed by atoms with Gasteiger partial charge in [0.25, 0.3) is 0 Å².